The molecule has 10 nitrogen and oxygen atoms in total. The van der Waals surface area contributed by atoms with Gasteiger partial charge in [0.15, 0.2) is 5.16 Å². The molecule has 2 heterocycles. The summed E-state index contributed by atoms with van der Waals surface area (Å²) in [4.78, 5) is 33.9. The molecule has 4 aromatic rings. The standard InChI is InChI=1S/C30H32N4O6S/c1-37-22-7-4-20(5-8-22)18-34-29(36)24-16-21(33-12-14-40-15-13-33)6-10-25(24)32-30(34)41-19-28(35)31-26-11-9-23(38-2)17-27(26)39-3/h4-11,16-17H,12-15,18-19H2,1-3H3,(H,31,35). The van der Waals surface area contributed by atoms with Crippen molar-refractivity contribution in [3.05, 3.63) is 76.6 Å². The largest absolute Gasteiger partial charge is 0.497 e. The number of rotatable bonds is 10. The molecule has 1 aliphatic rings. The van der Waals surface area contributed by atoms with E-state index in [-0.39, 0.29) is 17.2 Å². The first-order valence-corrected chi connectivity index (χ1v) is 14.1. The fourth-order valence-electron chi connectivity index (χ4n) is 4.59. The lowest BCUT2D eigenvalue weighted by atomic mass is 10.2. The summed E-state index contributed by atoms with van der Waals surface area (Å²) >= 11 is 1.21. The Morgan fingerprint density at radius 3 is 2.39 bits per heavy atom. The van der Waals surface area contributed by atoms with E-state index in [0.29, 0.717) is 53.0 Å². The molecule has 1 fully saturated rings. The third kappa shape index (κ3) is 6.58. The van der Waals surface area contributed by atoms with Crippen molar-refractivity contribution in [3.63, 3.8) is 0 Å². The number of carbonyl (C=O) groups excluding carboxylic acids is 1. The van der Waals surface area contributed by atoms with Crippen LogP contribution in [-0.4, -0.2) is 68.8 Å². The highest BCUT2D eigenvalue weighted by Gasteiger charge is 2.18. The highest BCUT2D eigenvalue weighted by atomic mass is 32.2. The zero-order valence-electron chi connectivity index (χ0n) is 23.2. The lowest BCUT2D eigenvalue weighted by Crippen LogP contribution is -2.36. The summed E-state index contributed by atoms with van der Waals surface area (Å²) in [6, 6.07) is 18.4. The molecule has 3 aromatic carbocycles. The van der Waals surface area contributed by atoms with E-state index >= 15 is 0 Å². The van der Waals surface area contributed by atoms with Crippen molar-refractivity contribution in [1.82, 2.24) is 9.55 Å². The molecule has 1 amide bonds. The van der Waals surface area contributed by atoms with Crippen molar-refractivity contribution < 1.29 is 23.7 Å². The number of amides is 1. The van der Waals surface area contributed by atoms with Crippen molar-refractivity contribution in [1.29, 1.82) is 0 Å². The van der Waals surface area contributed by atoms with E-state index in [4.69, 9.17) is 23.9 Å². The third-order valence-corrected chi connectivity index (χ3v) is 7.77. The average molecular weight is 577 g/mol. The molecular weight excluding hydrogens is 544 g/mol. The number of nitrogens with one attached hydrogen (secondary N) is 1. The molecule has 0 radical (unpaired) electrons. The zero-order chi connectivity index (χ0) is 28.8. The van der Waals surface area contributed by atoms with E-state index in [1.165, 1.54) is 18.9 Å². The number of hydrogen-bond donors (Lipinski definition) is 1. The van der Waals surface area contributed by atoms with E-state index in [2.05, 4.69) is 10.2 Å². The smallest absolute Gasteiger partial charge is 0.262 e. The number of nitrogens with zero attached hydrogens (tertiary/aromatic N) is 3. The second kappa shape index (κ2) is 13.0. The van der Waals surface area contributed by atoms with Crippen molar-refractivity contribution in [2.75, 3.05) is 63.6 Å². The van der Waals surface area contributed by atoms with Crippen molar-refractivity contribution in [2.45, 2.75) is 11.7 Å². The van der Waals surface area contributed by atoms with Gasteiger partial charge in [-0.3, -0.25) is 14.2 Å². The van der Waals surface area contributed by atoms with Gasteiger partial charge in [-0.2, -0.15) is 0 Å². The Bertz CT molecular complexity index is 1580. The zero-order valence-corrected chi connectivity index (χ0v) is 24.0. The molecule has 5 rings (SSSR count). The van der Waals surface area contributed by atoms with Crippen LogP contribution in [0.15, 0.2) is 70.6 Å². The third-order valence-electron chi connectivity index (χ3n) is 6.79. The van der Waals surface area contributed by atoms with Gasteiger partial charge in [0.1, 0.15) is 17.2 Å². The van der Waals surface area contributed by atoms with Gasteiger partial charge in [0.2, 0.25) is 5.91 Å². The lowest BCUT2D eigenvalue weighted by Gasteiger charge is -2.29. The summed E-state index contributed by atoms with van der Waals surface area (Å²) in [7, 11) is 4.70. The van der Waals surface area contributed by atoms with Gasteiger partial charge in [0.25, 0.3) is 5.56 Å². The number of ether oxygens (including phenoxy) is 4. The van der Waals surface area contributed by atoms with E-state index in [1.54, 1.807) is 37.0 Å². The van der Waals surface area contributed by atoms with Gasteiger partial charge in [0.05, 0.1) is 63.4 Å². The van der Waals surface area contributed by atoms with Crippen LogP contribution in [0.3, 0.4) is 0 Å². The van der Waals surface area contributed by atoms with Gasteiger partial charge < -0.3 is 29.2 Å². The Labute approximate surface area is 242 Å². The molecule has 0 unspecified atom stereocenters. The van der Waals surface area contributed by atoms with Gasteiger partial charge in [-0.25, -0.2) is 4.98 Å². The molecule has 0 spiro atoms. The van der Waals surface area contributed by atoms with Gasteiger partial charge in [-0.05, 0) is 48.0 Å². The Morgan fingerprint density at radius 2 is 1.68 bits per heavy atom. The maximum absolute atomic E-state index is 13.9. The van der Waals surface area contributed by atoms with Crippen LogP contribution in [0.25, 0.3) is 10.9 Å². The minimum absolute atomic E-state index is 0.0433. The first kappa shape index (κ1) is 28.3. The molecule has 1 aromatic heterocycles. The number of methoxy groups -OCH3 is 3. The molecule has 1 aliphatic heterocycles. The quantitative estimate of drug-likeness (QED) is 0.221. The Kier molecular flexibility index (Phi) is 8.95. The van der Waals surface area contributed by atoms with E-state index < -0.39 is 0 Å². The summed E-state index contributed by atoms with van der Waals surface area (Å²) in [6.07, 6.45) is 0. The lowest BCUT2D eigenvalue weighted by molar-refractivity contribution is -0.113. The predicted molar refractivity (Wildman–Crippen MR) is 160 cm³/mol. The van der Waals surface area contributed by atoms with Crippen LogP contribution in [0.1, 0.15) is 5.56 Å². The summed E-state index contributed by atoms with van der Waals surface area (Å²) in [5.74, 6) is 1.62. The normalized spacial score (nSPS) is 13.2. The highest BCUT2D eigenvalue weighted by molar-refractivity contribution is 7.99. The van der Waals surface area contributed by atoms with E-state index in [0.717, 1.165) is 30.1 Å². The molecule has 0 bridgehead atoms. The van der Waals surface area contributed by atoms with Crippen LogP contribution in [-0.2, 0) is 16.1 Å². The van der Waals surface area contributed by atoms with Gasteiger partial charge in [0, 0.05) is 24.8 Å². The fourth-order valence-corrected chi connectivity index (χ4v) is 5.39. The molecule has 1 N–H and O–H groups in total. The van der Waals surface area contributed by atoms with E-state index in [1.807, 2.05) is 42.5 Å². The first-order valence-electron chi connectivity index (χ1n) is 13.1. The fraction of sp³-hybridized carbons (Fsp3) is 0.300. The van der Waals surface area contributed by atoms with Crippen LogP contribution in [0, 0.1) is 0 Å². The van der Waals surface area contributed by atoms with Crippen molar-refractivity contribution >= 4 is 39.9 Å². The van der Waals surface area contributed by atoms with E-state index in [9.17, 15) is 9.59 Å². The predicted octanol–water partition coefficient (Wildman–Crippen LogP) is 4.04. The molecule has 1 saturated heterocycles. The highest BCUT2D eigenvalue weighted by Crippen LogP contribution is 2.30. The average Bonchev–Trinajstić information content (AvgIpc) is 3.02. The molecule has 41 heavy (non-hydrogen) atoms. The number of morpholine rings is 1. The minimum atomic E-state index is -0.258. The number of thioether (sulfide) groups is 1. The number of anilines is 2. The van der Waals surface area contributed by atoms with Gasteiger partial charge >= 0.3 is 0 Å². The van der Waals surface area contributed by atoms with Crippen LogP contribution in [0.5, 0.6) is 17.2 Å². The SMILES string of the molecule is COc1ccc(Cn2c(SCC(=O)Nc3ccc(OC)cc3OC)nc3ccc(N4CCOCC4)cc3c2=O)cc1. The molecular formula is C30H32N4O6S. The number of carbonyl (C=O) groups is 1. The van der Waals surface area contributed by atoms with Gasteiger partial charge in [-0.15, -0.1) is 0 Å². The van der Waals surface area contributed by atoms with Gasteiger partial charge in [-0.1, -0.05) is 23.9 Å². The number of hydrogen-bond acceptors (Lipinski definition) is 9. The minimum Gasteiger partial charge on any atom is -0.497 e. The van der Waals surface area contributed by atoms with Crippen molar-refractivity contribution in [3.8, 4) is 17.2 Å². The summed E-state index contributed by atoms with van der Waals surface area (Å²) in [5.41, 5.74) is 2.81. The summed E-state index contributed by atoms with van der Waals surface area (Å²) < 4.78 is 23.0. The molecule has 0 aliphatic carbocycles. The maximum Gasteiger partial charge on any atom is 0.262 e. The number of fused-ring (bicyclic) bond motifs is 1. The van der Waals surface area contributed by atoms with Crippen LogP contribution < -0.4 is 30.0 Å². The molecule has 0 saturated carbocycles. The Morgan fingerprint density at radius 1 is 0.951 bits per heavy atom. The second-order valence-corrected chi connectivity index (χ2v) is 10.3. The maximum atomic E-state index is 13.9. The Balaban J connectivity index is 1.44. The number of benzene rings is 3. The first-order chi connectivity index (χ1) is 20.0. The van der Waals surface area contributed by atoms with Crippen LogP contribution >= 0.6 is 11.8 Å². The Hall–Kier alpha value is -4.22. The number of aromatic nitrogens is 2. The molecule has 11 heteroatoms. The van der Waals surface area contributed by atoms with Crippen molar-refractivity contribution in [2.24, 2.45) is 0 Å². The summed E-state index contributed by atoms with van der Waals surface area (Å²) in [5, 5.41) is 3.86. The molecule has 0 atom stereocenters. The molecule has 214 valence electrons. The summed E-state index contributed by atoms with van der Waals surface area (Å²) in [6.45, 7) is 3.13. The monoisotopic (exact) mass is 576 g/mol. The second-order valence-electron chi connectivity index (χ2n) is 9.34. The topological polar surface area (TPSA) is 104 Å². The van der Waals surface area contributed by atoms with Crippen LogP contribution in [0.2, 0.25) is 0 Å². The van der Waals surface area contributed by atoms with Crippen LogP contribution in [0.4, 0.5) is 11.4 Å².